The Kier molecular flexibility index (Phi) is 2.78. The molecule has 0 aromatic rings. The Hall–Kier alpha value is -0.930. The number of carbonyl (C=O) groups is 1. The number of hydrogen-bond acceptors (Lipinski definition) is 3. The van der Waals surface area contributed by atoms with Crippen molar-refractivity contribution in [2.45, 2.75) is 44.1 Å². The molecule has 0 radical (unpaired) electrons. The number of nitrogens with zero attached hydrogens (tertiary/aromatic N) is 1. The van der Waals surface area contributed by atoms with Gasteiger partial charge in [0.15, 0.2) is 0 Å². The van der Waals surface area contributed by atoms with Crippen LogP contribution in [0, 0.1) is 4.91 Å². The lowest BCUT2D eigenvalue weighted by Gasteiger charge is -2.28. The van der Waals surface area contributed by atoms with Gasteiger partial charge in [-0.1, -0.05) is 24.4 Å². The van der Waals surface area contributed by atoms with E-state index in [0.717, 1.165) is 19.3 Å². The van der Waals surface area contributed by atoms with Crippen LogP contribution >= 0.6 is 0 Å². The van der Waals surface area contributed by atoms with Crippen LogP contribution in [-0.4, -0.2) is 16.6 Å². The fourth-order valence-corrected chi connectivity index (χ4v) is 1.79. The summed E-state index contributed by atoms with van der Waals surface area (Å²) in [6, 6.07) is 0. The molecule has 1 rings (SSSR count). The molecule has 0 bridgehead atoms. The Morgan fingerprint density at radius 2 is 1.92 bits per heavy atom. The fourth-order valence-electron chi connectivity index (χ4n) is 1.79. The molecule has 1 aliphatic rings. The van der Waals surface area contributed by atoms with Crippen LogP contribution in [0.3, 0.4) is 0 Å². The van der Waals surface area contributed by atoms with Crippen LogP contribution in [0.15, 0.2) is 5.18 Å². The first kappa shape index (κ1) is 9.16. The van der Waals surface area contributed by atoms with Gasteiger partial charge in [0.1, 0.15) is 5.54 Å². The van der Waals surface area contributed by atoms with Crippen LogP contribution in [0.25, 0.3) is 0 Å². The van der Waals surface area contributed by atoms with E-state index >= 15 is 0 Å². The highest BCUT2D eigenvalue weighted by Gasteiger charge is 2.35. The van der Waals surface area contributed by atoms with Crippen LogP contribution in [0.5, 0.6) is 0 Å². The third-order valence-corrected chi connectivity index (χ3v) is 2.46. The molecule has 0 amide bonds. The predicted molar refractivity (Wildman–Crippen MR) is 43.9 cm³/mol. The first-order valence-electron chi connectivity index (χ1n) is 4.25. The number of aliphatic carboxylic acids is 1. The lowest BCUT2D eigenvalue weighted by molar-refractivity contribution is -0.138. The third kappa shape index (κ3) is 2.03. The fraction of sp³-hybridized carbons (Fsp3) is 0.875. The average Bonchev–Trinajstić information content (AvgIpc) is 2.05. The van der Waals surface area contributed by atoms with E-state index in [9.17, 15) is 9.70 Å². The highest BCUT2D eigenvalue weighted by atomic mass is 16.4. The van der Waals surface area contributed by atoms with Crippen LogP contribution in [0.1, 0.15) is 38.5 Å². The van der Waals surface area contributed by atoms with Crippen molar-refractivity contribution in [3.63, 3.8) is 0 Å². The van der Waals surface area contributed by atoms with E-state index in [1.807, 2.05) is 0 Å². The van der Waals surface area contributed by atoms with Crippen LogP contribution in [0.2, 0.25) is 0 Å². The number of carboxylic acid groups (broad SMARTS) is 1. The predicted octanol–water partition coefficient (Wildman–Crippen LogP) is 1.93. The molecule has 68 valence electrons. The van der Waals surface area contributed by atoms with Gasteiger partial charge in [-0.25, -0.2) is 0 Å². The summed E-state index contributed by atoms with van der Waals surface area (Å²) in [5, 5.41) is 11.6. The summed E-state index contributed by atoms with van der Waals surface area (Å²) in [6.45, 7) is 0. The monoisotopic (exact) mass is 171 g/mol. The number of rotatable bonds is 3. The first-order chi connectivity index (χ1) is 5.68. The molecule has 0 aromatic heterocycles. The van der Waals surface area contributed by atoms with E-state index in [4.69, 9.17) is 5.11 Å². The van der Waals surface area contributed by atoms with E-state index in [1.165, 1.54) is 0 Å². The minimum atomic E-state index is -0.920. The Bertz CT molecular complexity index is 185. The van der Waals surface area contributed by atoms with E-state index < -0.39 is 11.5 Å². The van der Waals surface area contributed by atoms with Gasteiger partial charge in [-0.15, -0.1) is 0 Å². The number of nitroso groups, excluding NO2 is 1. The molecule has 4 nitrogen and oxygen atoms in total. The van der Waals surface area contributed by atoms with Crippen molar-refractivity contribution in [1.82, 2.24) is 0 Å². The SMILES string of the molecule is O=NC1(CC(=O)O)CCCCC1. The maximum absolute atomic E-state index is 10.5. The standard InChI is InChI=1S/C8H13NO3/c10-7(11)6-8(9-12)4-2-1-3-5-8/h1-6H2,(H,10,11). The van der Waals surface area contributed by atoms with Gasteiger partial charge in [0.05, 0.1) is 6.42 Å². The van der Waals surface area contributed by atoms with Crippen molar-refractivity contribution >= 4 is 5.97 Å². The molecule has 0 aromatic carbocycles. The quantitative estimate of drug-likeness (QED) is 0.659. The Labute approximate surface area is 70.9 Å². The van der Waals surface area contributed by atoms with Crippen molar-refractivity contribution in [3.8, 4) is 0 Å². The molecule has 0 saturated heterocycles. The summed E-state index contributed by atoms with van der Waals surface area (Å²) >= 11 is 0. The van der Waals surface area contributed by atoms with Gasteiger partial charge in [-0.3, -0.25) is 4.79 Å². The largest absolute Gasteiger partial charge is 0.481 e. The molecular formula is C8H13NO3. The van der Waals surface area contributed by atoms with Crippen molar-refractivity contribution in [2.24, 2.45) is 5.18 Å². The van der Waals surface area contributed by atoms with E-state index in [0.29, 0.717) is 12.8 Å². The molecular weight excluding hydrogens is 158 g/mol. The molecule has 1 saturated carbocycles. The Morgan fingerprint density at radius 3 is 2.33 bits per heavy atom. The maximum Gasteiger partial charge on any atom is 0.305 e. The van der Waals surface area contributed by atoms with Gasteiger partial charge in [0.2, 0.25) is 0 Å². The second-order valence-electron chi connectivity index (χ2n) is 3.45. The highest BCUT2D eigenvalue weighted by molar-refractivity contribution is 5.68. The molecule has 4 heteroatoms. The molecule has 0 aliphatic heterocycles. The second-order valence-corrected chi connectivity index (χ2v) is 3.45. The van der Waals surface area contributed by atoms with Crippen LogP contribution in [-0.2, 0) is 4.79 Å². The molecule has 1 fully saturated rings. The second kappa shape index (κ2) is 3.65. The van der Waals surface area contributed by atoms with Crippen molar-refractivity contribution < 1.29 is 9.90 Å². The zero-order valence-electron chi connectivity index (χ0n) is 6.95. The van der Waals surface area contributed by atoms with E-state index in [-0.39, 0.29) is 6.42 Å². The molecule has 1 N–H and O–H groups in total. The molecule has 0 spiro atoms. The van der Waals surface area contributed by atoms with E-state index in [2.05, 4.69) is 5.18 Å². The van der Waals surface area contributed by atoms with Crippen molar-refractivity contribution in [3.05, 3.63) is 4.91 Å². The van der Waals surface area contributed by atoms with Crippen LogP contribution in [0.4, 0.5) is 0 Å². The topological polar surface area (TPSA) is 66.7 Å². The van der Waals surface area contributed by atoms with Gasteiger partial charge in [0, 0.05) is 0 Å². The van der Waals surface area contributed by atoms with Crippen molar-refractivity contribution in [1.29, 1.82) is 0 Å². The smallest absolute Gasteiger partial charge is 0.305 e. The lowest BCUT2D eigenvalue weighted by Crippen LogP contribution is -2.31. The van der Waals surface area contributed by atoms with E-state index in [1.54, 1.807) is 0 Å². The molecule has 1 aliphatic carbocycles. The zero-order valence-corrected chi connectivity index (χ0v) is 6.95. The number of hydrogen-bond donors (Lipinski definition) is 1. The lowest BCUT2D eigenvalue weighted by atomic mass is 9.80. The van der Waals surface area contributed by atoms with Gasteiger partial charge >= 0.3 is 5.97 Å². The minimum absolute atomic E-state index is 0.101. The summed E-state index contributed by atoms with van der Waals surface area (Å²) in [5.41, 5.74) is -0.788. The summed E-state index contributed by atoms with van der Waals surface area (Å²) in [7, 11) is 0. The Balaban J connectivity index is 2.59. The summed E-state index contributed by atoms with van der Waals surface area (Å²) < 4.78 is 0. The molecule has 12 heavy (non-hydrogen) atoms. The van der Waals surface area contributed by atoms with Gasteiger partial charge in [0.25, 0.3) is 0 Å². The Morgan fingerprint density at radius 1 is 1.33 bits per heavy atom. The van der Waals surface area contributed by atoms with Gasteiger partial charge in [-0.05, 0) is 12.8 Å². The van der Waals surface area contributed by atoms with Crippen LogP contribution < -0.4 is 0 Å². The zero-order chi connectivity index (χ0) is 9.03. The molecule has 0 unspecified atom stereocenters. The molecule has 0 atom stereocenters. The highest BCUT2D eigenvalue weighted by Crippen LogP contribution is 2.34. The summed E-state index contributed by atoms with van der Waals surface area (Å²) in [6.07, 6.45) is 4.14. The van der Waals surface area contributed by atoms with Gasteiger partial charge < -0.3 is 5.11 Å². The minimum Gasteiger partial charge on any atom is -0.481 e. The van der Waals surface area contributed by atoms with Crippen molar-refractivity contribution in [2.75, 3.05) is 0 Å². The first-order valence-corrected chi connectivity index (χ1v) is 4.25. The maximum atomic E-state index is 10.5. The summed E-state index contributed by atoms with van der Waals surface area (Å²) in [5.74, 6) is -0.920. The molecule has 0 heterocycles. The van der Waals surface area contributed by atoms with Gasteiger partial charge in [-0.2, -0.15) is 4.91 Å². The average molecular weight is 171 g/mol. The summed E-state index contributed by atoms with van der Waals surface area (Å²) in [4.78, 5) is 20.9. The number of carboxylic acids is 1. The third-order valence-electron chi connectivity index (χ3n) is 2.46. The normalized spacial score (nSPS) is 21.7.